The molecule has 0 atom stereocenters. The Morgan fingerprint density at radius 1 is 1.37 bits per heavy atom. The molecule has 0 aliphatic heterocycles. The Labute approximate surface area is 112 Å². The lowest BCUT2D eigenvalue weighted by molar-refractivity contribution is 0.457. The number of benzene rings is 1. The highest BCUT2D eigenvalue weighted by atomic mass is 32.2. The number of aromatic nitrogens is 4. The van der Waals surface area contributed by atoms with E-state index in [2.05, 4.69) is 20.2 Å². The molecule has 0 fully saturated rings. The molecule has 2 rings (SSSR count). The van der Waals surface area contributed by atoms with Crippen LogP contribution in [-0.4, -0.2) is 45.1 Å². The molecule has 11 heteroatoms. The van der Waals surface area contributed by atoms with Crippen LogP contribution in [0.5, 0.6) is 11.5 Å². The number of aromatic amines is 1. The summed E-state index contributed by atoms with van der Waals surface area (Å²) in [5, 5.41) is 28.9. The highest BCUT2D eigenvalue weighted by Crippen LogP contribution is 2.33. The minimum Gasteiger partial charge on any atom is -0.506 e. The van der Waals surface area contributed by atoms with Crippen molar-refractivity contribution < 1.29 is 18.6 Å². The SMILES string of the molecule is CS(=O)(=O)Nc1cc(O)c(-n2[nH]nnc2=S)cc1O. The van der Waals surface area contributed by atoms with Crippen molar-refractivity contribution in [2.75, 3.05) is 11.0 Å². The summed E-state index contributed by atoms with van der Waals surface area (Å²) in [4.78, 5) is 0. The number of nitrogens with one attached hydrogen (secondary N) is 2. The third kappa shape index (κ3) is 2.82. The van der Waals surface area contributed by atoms with Crippen LogP contribution in [-0.2, 0) is 10.0 Å². The Bertz CT molecular complexity index is 779. The molecule has 0 saturated heterocycles. The molecule has 0 amide bonds. The maximum atomic E-state index is 11.1. The van der Waals surface area contributed by atoms with Gasteiger partial charge < -0.3 is 10.2 Å². The van der Waals surface area contributed by atoms with Gasteiger partial charge in [0, 0.05) is 12.1 Å². The standard InChI is InChI=1S/C8H9N5O4S2/c1-19(16,17)10-4-2-7(15)5(3-6(4)14)13-8(18)9-11-12-13/h2-3,10,14-15H,1H3,(H,9,12,18). The summed E-state index contributed by atoms with van der Waals surface area (Å²) in [5.74, 6) is -0.694. The number of phenolic OH excluding ortho intramolecular Hbond substituents is 2. The summed E-state index contributed by atoms with van der Waals surface area (Å²) in [6.07, 6.45) is 0.923. The Morgan fingerprint density at radius 3 is 2.58 bits per heavy atom. The number of anilines is 1. The zero-order chi connectivity index (χ0) is 14.2. The van der Waals surface area contributed by atoms with E-state index in [1.165, 1.54) is 0 Å². The molecule has 102 valence electrons. The zero-order valence-electron chi connectivity index (χ0n) is 9.52. The summed E-state index contributed by atoms with van der Waals surface area (Å²) in [7, 11) is -3.57. The number of tetrazole rings is 1. The third-order valence-corrected chi connectivity index (χ3v) is 2.96. The second-order valence-electron chi connectivity index (χ2n) is 3.65. The fourth-order valence-electron chi connectivity index (χ4n) is 1.38. The Balaban J connectivity index is 2.55. The number of rotatable bonds is 3. The van der Waals surface area contributed by atoms with Gasteiger partial charge in [-0.1, -0.05) is 10.3 Å². The molecule has 1 heterocycles. The monoisotopic (exact) mass is 303 g/mol. The number of hydrogen-bond donors (Lipinski definition) is 4. The van der Waals surface area contributed by atoms with Crippen molar-refractivity contribution in [2.24, 2.45) is 0 Å². The lowest BCUT2D eigenvalue weighted by Gasteiger charge is -2.10. The van der Waals surface area contributed by atoms with Crippen molar-refractivity contribution in [2.45, 2.75) is 0 Å². The molecular weight excluding hydrogens is 294 g/mol. The Morgan fingerprint density at radius 2 is 2.05 bits per heavy atom. The number of hydrogen-bond acceptors (Lipinski definition) is 7. The van der Waals surface area contributed by atoms with Crippen LogP contribution >= 0.6 is 12.2 Å². The smallest absolute Gasteiger partial charge is 0.243 e. The van der Waals surface area contributed by atoms with Gasteiger partial charge in [-0.2, -0.15) is 5.21 Å². The first-order chi connectivity index (χ1) is 8.78. The van der Waals surface area contributed by atoms with Crippen molar-refractivity contribution >= 4 is 27.9 Å². The van der Waals surface area contributed by atoms with E-state index in [1.54, 1.807) is 0 Å². The summed E-state index contributed by atoms with van der Waals surface area (Å²) in [6.45, 7) is 0. The molecular formula is C8H9N5O4S2. The van der Waals surface area contributed by atoms with Crippen molar-refractivity contribution in [3.63, 3.8) is 0 Å². The van der Waals surface area contributed by atoms with Crippen LogP contribution in [0.3, 0.4) is 0 Å². The maximum Gasteiger partial charge on any atom is 0.243 e. The average Bonchev–Trinajstić information content (AvgIpc) is 2.67. The quantitative estimate of drug-likeness (QED) is 0.359. The summed E-state index contributed by atoms with van der Waals surface area (Å²) in [6, 6.07) is 2.17. The topological polar surface area (TPSA) is 133 Å². The Hall–Kier alpha value is -2.14. The lowest BCUT2D eigenvalue weighted by atomic mass is 10.2. The fraction of sp³-hybridized carbons (Fsp3) is 0.125. The van der Waals surface area contributed by atoms with E-state index in [1.807, 2.05) is 0 Å². The lowest BCUT2D eigenvalue weighted by Crippen LogP contribution is -2.10. The largest absolute Gasteiger partial charge is 0.506 e. The van der Waals surface area contributed by atoms with Gasteiger partial charge in [-0.3, -0.25) is 4.72 Å². The number of nitrogens with zero attached hydrogens (tertiary/aromatic N) is 3. The van der Waals surface area contributed by atoms with Crippen LogP contribution in [0.15, 0.2) is 12.1 Å². The first kappa shape index (κ1) is 13.3. The van der Waals surface area contributed by atoms with Crippen LogP contribution in [0.2, 0.25) is 0 Å². The normalized spacial score (nSPS) is 11.4. The molecule has 0 aliphatic rings. The molecule has 0 bridgehead atoms. The van der Waals surface area contributed by atoms with Gasteiger partial charge >= 0.3 is 0 Å². The van der Waals surface area contributed by atoms with Gasteiger partial charge in [0.15, 0.2) is 0 Å². The number of phenols is 2. The molecule has 0 spiro atoms. The minimum absolute atomic E-state index is 0.0403. The fourth-order valence-corrected chi connectivity index (χ4v) is 2.12. The minimum atomic E-state index is -3.57. The van der Waals surface area contributed by atoms with Crippen molar-refractivity contribution in [1.82, 2.24) is 20.2 Å². The van der Waals surface area contributed by atoms with E-state index in [-0.39, 0.29) is 27.6 Å². The summed E-state index contributed by atoms with van der Waals surface area (Å²) >= 11 is 4.84. The van der Waals surface area contributed by atoms with Crippen LogP contribution in [0, 0.1) is 4.77 Å². The Kier molecular flexibility index (Phi) is 3.16. The molecule has 19 heavy (non-hydrogen) atoms. The molecule has 0 unspecified atom stereocenters. The molecule has 9 nitrogen and oxygen atoms in total. The third-order valence-electron chi connectivity index (χ3n) is 2.10. The van der Waals surface area contributed by atoms with Gasteiger partial charge in [0.1, 0.15) is 17.2 Å². The predicted octanol–water partition coefficient (Wildman–Crippen LogP) is 0.108. The second-order valence-corrected chi connectivity index (χ2v) is 5.76. The molecule has 1 aromatic heterocycles. The first-order valence-corrected chi connectivity index (χ1v) is 7.12. The predicted molar refractivity (Wildman–Crippen MR) is 68.3 cm³/mol. The van der Waals surface area contributed by atoms with Crippen LogP contribution < -0.4 is 4.72 Å². The van der Waals surface area contributed by atoms with E-state index < -0.39 is 10.0 Å². The first-order valence-electron chi connectivity index (χ1n) is 4.82. The van der Waals surface area contributed by atoms with Gasteiger partial charge in [-0.05, 0) is 12.2 Å². The molecule has 0 aliphatic carbocycles. The van der Waals surface area contributed by atoms with E-state index in [9.17, 15) is 18.6 Å². The van der Waals surface area contributed by atoms with Gasteiger partial charge in [-0.15, -0.1) is 0 Å². The number of sulfonamides is 1. The van der Waals surface area contributed by atoms with Gasteiger partial charge in [0.2, 0.25) is 14.8 Å². The summed E-state index contributed by atoms with van der Waals surface area (Å²) < 4.78 is 25.4. The zero-order valence-corrected chi connectivity index (χ0v) is 11.2. The van der Waals surface area contributed by atoms with E-state index in [0.717, 1.165) is 23.1 Å². The van der Waals surface area contributed by atoms with E-state index in [4.69, 9.17) is 12.2 Å². The highest BCUT2D eigenvalue weighted by molar-refractivity contribution is 7.92. The molecule has 0 saturated carbocycles. The highest BCUT2D eigenvalue weighted by Gasteiger charge is 2.14. The summed E-state index contributed by atoms with van der Waals surface area (Å²) in [5.41, 5.74) is -0.0608. The molecule has 2 aromatic rings. The number of aromatic hydroxyl groups is 2. The van der Waals surface area contributed by atoms with Gasteiger partial charge in [0.25, 0.3) is 0 Å². The van der Waals surface area contributed by atoms with Crippen molar-refractivity contribution in [3.8, 4) is 17.2 Å². The van der Waals surface area contributed by atoms with Gasteiger partial charge in [-0.25, -0.2) is 13.1 Å². The van der Waals surface area contributed by atoms with Crippen molar-refractivity contribution in [1.29, 1.82) is 0 Å². The molecule has 1 aromatic carbocycles. The van der Waals surface area contributed by atoms with Crippen LogP contribution in [0.25, 0.3) is 5.69 Å². The maximum absolute atomic E-state index is 11.1. The average molecular weight is 303 g/mol. The molecule has 0 radical (unpaired) electrons. The van der Waals surface area contributed by atoms with E-state index in [0.29, 0.717) is 0 Å². The van der Waals surface area contributed by atoms with E-state index >= 15 is 0 Å². The number of H-pyrrole nitrogens is 1. The van der Waals surface area contributed by atoms with Gasteiger partial charge in [0.05, 0.1) is 11.9 Å². The van der Waals surface area contributed by atoms with Crippen LogP contribution in [0.1, 0.15) is 0 Å². The second kappa shape index (κ2) is 4.51. The molecule has 4 N–H and O–H groups in total. The van der Waals surface area contributed by atoms with Crippen molar-refractivity contribution in [3.05, 3.63) is 16.9 Å². The van der Waals surface area contributed by atoms with Crippen LogP contribution in [0.4, 0.5) is 5.69 Å².